The van der Waals surface area contributed by atoms with Crippen LogP contribution in [-0.4, -0.2) is 37.0 Å². The molecular weight excluding hydrogens is 378 g/mol. The number of hydrogen-bond donors (Lipinski definition) is 0. The molecule has 0 bridgehead atoms. The second-order valence-corrected chi connectivity index (χ2v) is 6.84. The van der Waals surface area contributed by atoms with Crippen LogP contribution in [0.25, 0.3) is 0 Å². The molecule has 0 radical (unpaired) electrons. The lowest BCUT2D eigenvalue weighted by Crippen LogP contribution is -2.35. The Kier molecular flexibility index (Phi) is 7.61. The van der Waals surface area contributed by atoms with Gasteiger partial charge < -0.3 is 14.4 Å². The topological polar surface area (TPSA) is 55.8 Å². The van der Waals surface area contributed by atoms with Crippen molar-refractivity contribution in [2.75, 3.05) is 20.3 Å². The molecule has 3 aromatic rings. The van der Waals surface area contributed by atoms with Crippen molar-refractivity contribution in [2.24, 2.45) is 0 Å². The molecule has 1 amide bonds. The van der Waals surface area contributed by atoms with Gasteiger partial charge in [-0.15, -0.1) is 0 Å². The van der Waals surface area contributed by atoms with Crippen molar-refractivity contribution in [3.63, 3.8) is 0 Å². The highest BCUT2D eigenvalue weighted by Gasteiger charge is 2.17. The van der Waals surface area contributed by atoms with E-state index in [4.69, 9.17) is 9.47 Å². The summed E-state index contributed by atoms with van der Waals surface area (Å²) >= 11 is 0. The van der Waals surface area contributed by atoms with E-state index in [9.17, 15) is 9.59 Å². The quantitative estimate of drug-likeness (QED) is 0.504. The minimum atomic E-state index is -0.534. The van der Waals surface area contributed by atoms with Crippen molar-refractivity contribution in [3.05, 3.63) is 102 Å². The number of benzene rings is 3. The average Bonchev–Trinajstić information content (AvgIpc) is 2.81. The largest absolute Gasteiger partial charge is 0.497 e. The summed E-state index contributed by atoms with van der Waals surface area (Å²) in [5.74, 6) is -0.108. The predicted octanol–water partition coefficient (Wildman–Crippen LogP) is 4.12. The lowest BCUT2D eigenvalue weighted by atomic mass is 10.1. The van der Waals surface area contributed by atoms with Crippen molar-refractivity contribution in [3.8, 4) is 5.75 Å². The van der Waals surface area contributed by atoms with E-state index >= 15 is 0 Å². The molecule has 0 aliphatic heterocycles. The predicted molar refractivity (Wildman–Crippen MR) is 115 cm³/mol. The number of rotatable bonds is 9. The summed E-state index contributed by atoms with van der Waals surface area (Å²) in [6.07, 6.45) is 0.728. The fourth-order valence-electron chi connectivity index (χ4n) is 3.03. The third-order valence-corrected chi connectivity index (χ3v) is 4.73. The molecule has 0 fully saturated rings. The number of methoxy groups -OCH3 is 1. The zero-order valence-electron chi connectivity index (χ0n) is 17.0. The van der Waals surface area contributed by atoms with Crippen LogP contribution in [0.3, 0.4) is 0 Å². The third kappa shape index (κ3) is 6.21. The van der Waals surface area contributed by atoms with Gasteiger partial charge in [0.2, 0.25) is 0 Å². The maximum atomic E-state index is 12.8. The van der Waals surface area contributed by atoms with Gasteiger partial charge in [-0.05, 0) is 41.8 Å². The van der Waals surface area contributed by atoms with Crippen LogP contribution < -0.4 is 4.74 Å². The van der Waals surface area contributed by atoms with Crippen LogP contribution in [-0.2, 0) is 22.5 Å². The fraction of sp³-hybridized carbons (Fsp3) is 0.200. The number of esters is 1. The Morgan fingerprint density at radius 1 is 0.800 bits per heavy atom. The first-order valence-corrected chi connectivity index (χ1v) is 9.82. The number of amides is 1. The molecular formula is C25H25NO4. The first-order valence-electron chi connectivity index (χ1n) is 9.82. The summed E-state index contributed by atoms with van der Waals surface area (Å²) in [4.78, 5) is 26.8. The van der Waals surface area contributed by atoms with Crippen LogP contribution in [0.5, 0.6) is 5.75 Å². The van der Waals surface area contributed by atoms with Crippen LogP contribution in [0.4, 0.5) is 0 Å². The van der Waals surface area contributed by atoms with Gasteiger partial charge in [0.25, 0.3) is 5.91 Å². The highest BCUT2D eigenvalue weighted by Crippen LogP contribution is 2.13. The van der Waals surface area contributed by atoms with Crippen molar-refractivity contribution < 1.29 is 19.1 Å². The summed E-state index contributed by atoms with van der Waals surface area (Å²) < 4.78 is 10.3. The molecule has 0 atom stereocenters. The van der Waals surface area contributed by atoms with Gasteiger partial charge in [-0.25, -0.2) is 4.79 Å². The Morgan fingerprint density at radius 2 is 1.40 bits per heavy atom. The summed E-state index contributed by atoms with van der Waals surface area (Å²) in [6.45, 7) is 0.705. The number of nitrogens with zero attached hydrogens (tertiary/aromatic N) is 1. The molecule has 5 heteroatoms. The molecule has 0 saturated heterocycles. The smallest absolute Gasteiger partial charge is 0.338 e. The monoisotopic (exact) mass is 403 g/mol. The molecule has 0 unspecified atom stereocenters. The Labute approximate surface area is 176 Å². The highest BCUT2D eigenvalue weighted by atomic mass is 16.5. The number of carbonyl (C=O) groups is 2. The molecule has 5 nitrogen and oxygen atoms in total. The normalized spacial score (nSPS) is 10.3. The average molecular weight is 403 g/mol. The molecule has 0 N–H and O–H groups in total. The SMILES string of the molecule is COc1ccc(C(=O)OCC(=O)N(CCc2ccccc2)Cc2ccccc2)cc1. The second kappa shape index (κ2) is 10.8. The van der Waals surface area contributed by atoms with Crippen molar-refractivity contribution in [1.29, 1.82) is 0 Å². The Hall–Kier alpha value is -3.60. The van der Waals surface area contributed by atoms with E-state index in [0.29, 0.717) is 24.4 Å². The summed E-state index contributed by atoms with van der Waals surface area (Å²) in [5, 5.41) is 0. The van der Waals surface area contributed by atoms with Gasteiger partial charge in [0.1, 0.15) is 5.75 Å². The van der Waals surface area contributed by atoms with Gasteiger partial charge >= 0.3 is 5.97 Å². The molecule has 154 valence electrons. The first-order chi connectivity index (χ1) is 14.7. The Bertz CT molecular complexity index is 940. The molecule has 0 spiro atoms. The molecule has 0 saturated carbocycles. The minimum absolute atomic E-state index is 0.225. The maximum absolute atomic E-state index is 12.8. The van der Waals surface area contributed by atoms with E-state index in [1.807, 2.05) is 60.7 Å². The zero-order chi connectivity index (χ0) is 21.2. The number of carbonyl (C=O) groups excluding carboxylic acids is 2. The van der Waals surface area contributed by atoms with E-state index in [2.05, 4.69) is 0 Å². The van der Waals surface area contributed by atoms with Gasteiger partial charge in [0.15, 0.2) is 6.61 Å². The van der Waals surface area contributed by atoms with Crippen molar-refractivity contribution in [2.45, 2.75) is 13.0 Å². The summed E-state index contributed by atoms with van der Waals surface area (Å²) in [7, 11) is 1.56. The van der Waals surface area contributed by atoms with Crippen molar-refractivity contribution in [1.82, 2.24) is 4.90 Å². The summed E-state index contributed by atoms with van der Waals surface area (Å²) in [5.41, 5.74) is 2.56. The third-order valence-electron chi connectivity index (χ3n) is 4.73. The van der Waals surface area contributed by atoms with Crippen LogP contribution >= 0.6 is 0 Å². The molecule has 0 aromatic heterocycles. The maximum Gasteiger partial charge on any atom is 0.338 e. The van der Waals surface area contributed by atoms with Crippen LogP contribution in [0.15, 0.2) is 84.9 Å². The van der Waals surface area contributed by atoms with E-state index in [1.165, 1.54) is 0 Å². The van der Waals surface area contributed by atoms with Gasteiger partial charge in [0, 0.05) is 13.1 Å². The minimum Gasteiger partial charge on any atom is -0.497 e. The van der Waals surface area contributed by atoms with E-state index in [-0.39, 0.29) is 12.5 Å². The van der Waals surface area contributed by atoms with Crippen LogP contribution in [0.1, 0.15) is 21.5 Å². The van der Waals surface area contributed by atoms with Gasteiger partial charge in [-0.2, -0.15) is 0 Å². The molecule has 3 aromatic carbocycles. The fourth-order valence-corrected chi connectivity index (χ4v) is 3.03. The first kappa shape index (κ1) is 21.1. The Morgan fingerprint density at radius 3 is 2.00 bits per heavy atom. The number of ether oxygens (including phenoxy) is 2. The number of hydrogen-bond acceptors (Lipinski definition) is 4. The standard InChI is InChI=1S/C25H25NO4/c1-29-23-14-12-22(13-15-23)25(28)30-19-24(27)26(18-21-10-6-3-7-11-21)17-16-20-8-4-2-5-9-20/h2-15H,16-19H2,1H3. The molecule has 30 heavy (non-hydrogen) atoms. The van der Waals surface area contributed by atoms with Gasteiger partial charge in [-0.3, -0.25) is 4.79 Å². The van der Waals surface area contributed by atoms with E-state index in [0.717, 1.165) is 17.5 Å². The highest BCUT2D eigenvalue weighted by molar-refractivity contribution is 5.91. The zero-order valence-corrected chi connectivity index (χ0v) is 17.0. The summed E-state index contributed by atoms with van der Waals surface area (Å²) in [6, 6.07) is 26.4. The molecule has 0 aliphatic carbocycles. The lowest BCUT2D eigenvalue weighted by Gasteiger charge is -2.23. The molecule has 0 aliphatic rings. The molecule has 3 rings (SSSR count). The van der Waals surface area contributed by atoms with Gasteiger partial charge in [-0.1, -0.05) is 60.7 Å². The van der Waals surface area contributed by atoms with Crippen LogP contribution in [0.2, 0.25) is 0 Å². The second-order valence-electron chi connectivity index (χ2n) is 6.84. The van der Waals surface area contributed by atoms with Gasteiger partial charge in [0.05, 0.1) is 12.7 Å². The Balaban J connectivity index is 1.61. The van der Waals surface area contributed by atoms with E-state index < -0.39 is 5.97 Å². The lowest BCUT2D eigenvalue weighted by molar-refractivity contribution is -0.135. The van der Waals surface area contributed by atoms with Crippen LogP contribution in [0, 0.1) is 0 Å². The van der Waals surface area contributed by atoms with E-state index in [1.54, 1.807) is 36.3 Å². The van der Waals surface area contributed by atoms with Crippen molar-refractivity contribution >= 4 is 11.9 Å². The molecule has 0 heterocycles.